The number of alkyl halides is 2. The molecule has 0 saturated heterocycles. The lowest BCUT2D eigenvalue weighted by Gasteiger charge is -2.11. The van der Waals surface area contributed by atoms with E-state index < -0.39 is 12.5 Å². The van der Waals surface area contributed by atoms with Crippen LogP contribution in [0.1, 0.15) is 10.4 Å². The summed E-state index contributed by atoms with van der Waals surface area (Å²) in [5.74, 6) is -0.551. The number of aromatic nitrogens is 2. The number of halogens is 2. The van der Waals surface area contributed by atoms with Gasteiger partial charge in [-0.05, 0) is 30.3 Å². The molecule has 0 aliphatic rings. The van der Waals surface area contributed by atoms with Gasteiger partial charge in [0.1, 0.15) is 0 Å². The van der Waals surface area contributed by atoms with E-state index in [1.807, 2.05) is 17.5 Å². The molecule has 134 valence electrons. The Morgan fingerprint density at radius 3 is 2.65 bits per heavy atom. The van der Waals surface area contributed by atoms with Crippen molar-refractivity contribution < 1.29 is 23.0 Å². The van der Waals surface area contributed by atoms with Crippen molar-refractivity contribution in [3.63, 3.8) is 0 Å². The van der Waals surface area contributed by atoms with E-state index in [1.54, 1.807) is 12.4 Å². The number of nitrogens with one attached hydrogen (secondary N) is 1. The minimum Gasteiger partial charge on any atom is -0.493 e. The zero-order valence-corrected chi connectivity index (χ0v) is 14.3. The number of thiazole rings is 1. The first-order valence-electron chi connectivity index (χ1n) is 7.37. The number of carbonyl (C=O) groups excluding carboxylic acids is 1. The molecule has 2 heterocycles. The lowest BCUT2D eigenvalue weighted by Crippen LogP contribution is -2.12. The largest absolute Gasteiger partial charge is 0.493 e. The molecule has 0 bridgehead atoms. The molecule has 0 aliphatic heterocycles. The van der Waals surface area contributed by atoms with Crippen molar-refractivity contribution in [3.8, 4) is 22.8 Å². The van der Waals surface area contributed by atoms with Gasteiger partial charge in [-0.25, -0.2) is 4.98 Å². The third kappa shape index (κ3) is 4.12. The van der Waals surface area contributed by atoms with Crippen molar-refractivity contribution in [2.75, 3.05) is 12.4 Å². The van der Waals surface area contributed by atoms with E-state index in [0.29, 0.717) is 10.8 Å². The lowest BCUT2D eigenvalue weighted by molar-refractivity contribution is -0.0512. The molecule has 6 nitrogen and oxygen atoms in total. The molecule has 0 radical (unpaired) electrons. The molecule has 0 fully saturated rings. The Labute approximate surface area is 151 Å². The van der Waals surface area contributed by atoms with Crippen LogP contribution in [0.2, 0.25) is 0 Å². The maximum atomic E-state index is 12.4. The fourth-order valence-electron chi connectivity index (χ4n) is 2.16. The zero-order valence-electron chi connectivity index (χ0n) is 13.5. The summed E-state index contributed by atoms with van der Waals surface area (Å²) in [4.78, 5) is 20.7. The minimum absolute atomic E-state index is 0.0366. The van der Waals surface area contributed by atoms with Crippen molar-refractivity contribution in [2.45, 2.75) is 6.61 Å². The van der Waals surface area contributed by atoms with Gasteiger partial charge in [0.2, 0.25) is 0 Å². The average molecular weight is 377 g/mol. The Morgan fingerprint density at radius 2 is 1.96 bits per heavy atom. The minimum atomic E-state index is -2.98. The van der Waals surface area contributed by atoms with Crippen LogP contribution in [0, 0.1) is 0 Å². The quantitative estimate of drug-likeness (QED) is 0.701. The maximum absolute atomic E-state index is 12.4. The highest BCUT2D eigenvalue weighted by molar-refractivity contribution is 7.14. The standard InChI is InChI=1S/C17H13F2N3O3S/c1-24-14-8-11(2-3-13(14)25-16(18)19)15(23)22-17-21-12(9-26-17)10-4-6-20-7-5-10/h2-9,16H,1H3,(H,21,22,23). The Hall–Kier alpha value is -3.07. The third-order valence-corrected chi connectivity index (χ3v) is 4.10. The molecule has 9 heteroatoms. The van der Waals surface area contributed by atoms with Crippen LogP contribution in [0.3, 0.4) is 0 Å². The number of benzene rings is 1. The maximum Gasteiger partial charge on any atom is 0.387 e. The van der Waals surface area contributed by atoms with Crippen LogP contribution in [0.4, 0.5) is 13.9 Å². The number of anilines is 1. The predicted octanol–water partition coefficient (Wildman–Crippen LogP) is 4.07. The van der Waals surface area contributed by atoms with Gasteiger partial charge in [-0.15, -0.1) is 11.3 Å². The normalized spacial score (nSPS) is 10.6. The second kappa shape index (κ2) is 7.87. The molecular weight excluding hydrogens is 364 g/mol. The molecular formula is C17H13F2N3O3S. The van der Waals surface area contributed by atoms with Crippen molar-refractivity contribution in [1.82, 2.24) is 9.97 Å². The van der Waals surface area contributed by atoms with Gasteiger partial charge in [0, 0.05) is 28.9 Å². The number of ether oxygens (including phenoxy) is 2. The Kier molecular flexibility index (Phi) is 5.37. The molecule has 0 saturated carbocycles. The first-order valence-corrected chi connectivity index (χ1v) is 8.25. The van der Waals surface area contributed by atoms with E-state index in [0.717, 1.165) is 5.56 Å². The summed E-state index contributed by atoms with van der Waals surface area (Å²) < 4.78 is 34.0. The summed E-state index contributed by atoms with van der Waals surface area (Å²) in [5.41, 5.74) is 1.82. The number of hydrogen-bond donors (Lipinski definition) is 1. The van der Waals surface area contributed by atoms with Crippen LogP contribution in [0.5, 0.6) is 11.5 Å². The highest BCUT2D eigenvalue weighted by Gasteiger charge is 2.15. The van der Waals surface area contributed by atoms with E-state index in [1.165, 1.54) is 36.6 Å². The van der Waals surface area contributed by atoms with Crippen molar-refractivity contribution in [2.24, 2.45) is 0 Å². The van der Waals surface area contributed by atoms with Crippen molar-refractivity contribution >= 4 is 22.4 Å². The molecule has 1 amide bonds. The SMILES string of the molecule is COc1cc(C(=O)Nc2nc(-c3ccncc3)cs2)ccc1OC(F)F. The summed E-state index contributed by atoms with van der Waals surface area (Å²) >= 11 is 1.27. The molecule has 0 unspecified atom stereocenters. The van der Waals surface area contributed by atoms with Crippen molar-refractivity contribution in [1.29, 1.82) is 0 Å². The summed E-state index contributed by atoms with van der Waals surface area (Å²) in [6.07, 6.45) is 3.31. The van der Waals surface area contributed by atoms with Gasteiger partial charge in [0.15, 0.2) is 16.6 Å². The van der Waals surface area contributed by atoms with E-state index in [9.17, 15) is 13.6 Å². The second-order valence-electron chi connectivity index (χ2n) is 4.97. The van der Waals surface area contributed by atoms with Gasteiger partial charge >= 0.3 is 6.61 Å². The van der Waals surface area contributed by atoms with Gasteiger partial charge in [0.05, 0.1) is 12.8 Å². The number of hydrogen-bond acceptors (Lipinski definition) is 6. The molecule has 3 rings (SSSR count). The van der Waals surface area contributed by atoms with Crippen LogP contribution in [0.15, 0.2) is 48.1 Å². The average Bonchev–Trinajstić information content (AvgIpc) is 3.10. The summed E-state index contributed by atoms with van der Waals surface area (Å²) in [6, 6.07) is 7.57. The van der Waals surface area contributed by atoms with Crippen LogP contribution >= 0.6 is 11.3 Å². The number of carbonyl (C=O) groups is 1. The first kappa shape index (κ1) is 17.7. The molecule has 1 aromatic carbocycles. The molecule has 0 aliphatic carbocycles. The van der Waals surface area contributed by atoms with Crippen LogP contribution in [-0.2, 0) is 0 Å². The van der Waals surface area contributed by atoms with Gasteiger partial charge in [-0.2, -0.15) is 8.78 Å². The van der Waals surface area contributed by atoms with E-state index in [2.05, 4.69) is 20.0 Å². The molecule has 0 atom stereocenters. The number of nitrogens with zero attached hydrogens (tertiary/aromatic N) is 2. The Bertz CT molecular complexity index is 903. The van der Waals surface area contributed by atoms with E-state index in [-0.39, 0.29) is 17.1 Å². The summed E-state index contributed by atoms with van der Waals surface area (Å²) in [7, 11) is 1.30. The topological polar surface area (TPSA) is 73.3 Å². The van der Waals surface area contributed by atoms with Crippen LogP contribution < -0.4 is 14.8 Å². The first-order chi connectivity index (χ1) is 12.6. The highest BCUT2D eigenvalue weighted by atomic mass is 32.1. The molecule has 26 heavy (non-hydrogen) atoms. The fourth-order valence-corrected chi connectivity index (χ4v) is 2.87. The molecule has 1 N–H and O–H groups in total. The number of methoxy groups -OCH3 is 1. The Balaban J connectivity index is 1.75. The number of pyridine rings is 1. The number of amides is 1. The predicted molar refractivity (Wildman–Crippen MR) is 92.9 cm³/mol. The summed E-state index contributed by atoms with van der Waals surface area (Å²) in [5, 5.41) is 4.89. The smallest absolute Gasteiger partial charge is 0.387 e. The van der Waals surface area contributed by atoms with E-state index >= 15 is 0 Å². The van der Waals surface area contributed by atoms with Crippen LogP contribution in [0.25, 0.3) is 11.3 Å². The molecule has 3 aromatic rings. The summed E-state index contributed by atoms with van der Waals surface area (Å²) in [6.45, 7) is -2.98. The zero-order chi connectivity index (χ0) is 18.5. The van der Waals surface area contributed by atoms with Gasteiger partial charge in [-0.1, -0.05) is 0 Å². The lowest BCUT2D eigenvalue weighted by atomic mass is 10.2. The molecule has 0 spiro atoms. The third-order valence-electron chi connectivity index (χ3n) is 3.34. The Morgan fingerprint density at radius 1 is 1.19 bits per heavy atom. The van der Waals surface area contributed by atoms with Gasteiger partial charge in [0.25, 0.3) is 5.91 Å². The van der Waals surface area contributed by atoms with Gasteiger partial charge in [-0.3, -0.25) is 15.1 Å². The van der Waals surface area contributed by atoms with E-state index in [4.69, 9.17) is 4.74 Å². The second-order valence-corrected chi connectivity index (χ2v) is 5.83. The molecule has 2 aromatic heterocycles. The van der Waals surface area contributed by atoms with Gasteiger partial charge < -0.3 is 9.47 Å². The van der Waals surface area contributed by atoms with Crippen LogP contribution in [-0.4, -0.2) is 29.6 Å². The monoisotopic (exact) mass is 377 g/mol. The highest BCUT2D eigenvalue weighted by Crippen LogP contribution is 2.30. The fraction of sp³-hybridized carbons (Fsp3) is 0.118. The van der Waals surface area contributed by atoms with Crippen molar-refractivity contribution in [3.05, 3.63) is 53.7 Å². The number of rotatable bonds is 6.